The molecule has 0 aromatic carbocycles. The van der Waals surface area contributed by atoms with Crippen LogP contribution in [0.25, 0.3) is 0 Å². The number of carbonyl (C=O) groups excluding carboxylic acids is 1. The van der Waals surface area contributed by atoms with E-state index in [1.807, 2.05) is 4.90 Å². The van der Waals surface area contributed by atoms with Crippen LogP contribution < -0.4 is 15.2 Å². The van der Waals surface area contributed by atoms with Crippen LogP contribution in [0.5, 0.6) is 5.75 Å². The van der Waals surface area contributed by atoms with Crippen molar-refractivity contribution in [3.8, 4) is 5.75 Å². The Balaban J connectivity index is 2.24. The van der Waals surface area contributed by atoms with Gasteiger partial charge in [0.25, 0.3) is 5.56 Å². The van der Waals surface area contributed by atoms with E-state index in [-0.39, 0.29) is 23.2 Å². The van der Waals surface area contributed by atoms with Gasteiger partial charge in [-0.25, -0.2) is 4.98 Å². The molecule has 1 saturated heterocycles. The Morgan fingerprint density at radius 3 is 3.00 bits per heavy atom. The summed E-state index contributed by atoms with van der Waals surface area (Å²) in [5, 5.41) is 0. The molecule has 1 aromatic rings. The second kappa shape index (κ2) is 5.73. The standard InChI is InChI=1S/C12H17N3O4/c1-18-9-10(13-7-14-11(9)16)15-5-3-4-8(6-15)12(17)19-2/h7-8H,3-6H2,1-2H3,(H,13,14,16). The third-order valence-corrected chi connectivity index (χ3v) is 3.25. The number of hydrogen-bond acceptors (Lipinski definition) is 6. The summed E-state index contributed by atoms with van der Waals surface area (Å²) in [6, 6.07) is 0. The summed E-state index contributed by atoms with van der Waals surface area (Å²) >= 11 is 0. The Bertz CT molecular complexity index is 514. The van der Waals surface area contributed by atoms with Crippen molar-refractivity contribution < 1.29 is 14.3 Å². The highest BCUT2D eigenvalue weighted by molar-refractivity contribution is 5.73. The number of carbonyl (C=O) groups is 1. The van der Waals surface area contributed by atoms with E-state index in [1.54, 1.807) is 0 Å². The van der Waals surface area contributed by atoms with Crippen LogP contribution in [0, 0.1) is 5.92 Å². The maximum atomic E-state index is 11.6. The van der Waals surface area contributed by atoms with Crippen molar-refractivity contribution in [3.63, 3.8) is 0 Å². The van der Waals surface area contributed by atoms with Gasteiger partial charge in [-0.2, -0.15) is 0 Å². The van der Waals surface area contributed by atoms with Gasteiger partial charge in [0.1, 0.15) is 0 Å². The first-order valence-corrected chi connectivity index (χ1v) is 6.11. The number of ether oxygens (including phenoxy) is 2. The highest BCUT2D eigenvalue weighted by Gasteiger charge is 2.29. The molecule has 2 heterocycles. The van der Waals surface area contributed by atoms with Gasteiger partial charge in [-0.3, -0.25) is 9.59 Å². The molecule has 0 saturated carbocycles. The van der Waals surface area contributed by atoms with Crippen molar-refractivity contribution in [2.45, 2.75) is 12.8 Å². The van der Waals surface area contributed by atoms with Gasteiger partial charge in [0.2, 0.25) is 5.75 Å². The van der Waals surface area contributed by atoms with Gasteiger partial charge in [-0.1, -0.05) is 0 Å². The van der Waals surface area contributed by atoms with Crippen LogP contribution in [-0.4, -0.2) is 43.2 Å². The number of anilines is 1. The van der Waals surface area contributed by atoms with Crippen molar-refractivity contribution >= 4 is 11.8 Å². The lowest BCUT2D eigenvalue weighted by atomic mass is 9.98. The van der Waals surface area contributed by atoms with E-state index in [0.29, 0.717) is 12.4 Å². The molecule has 0 radical (unpaired) electrons. The molecular formula is C12H17N3O4. The lowest BCUT2D eigenvalue weighted by Gasteiger charge is -2.32. The molecule has 2 rings (SSSR count). The Morgan fingerprint density at radius 2 is 2.32 bits per heavy atom. The fraction of sp³-hybridized carbons (Fsp3) is 0.583. The monoisotopic (exact) mass is 267 g/mol. The first kappa shape index (κ1) is 13.4. The number of aromatic amines is 1. The quantitative estimate of drug-likeness (QED) is 0.786. The number of H-pyrrole nitrogens is 1. The maximum Gasteiger partial charge on any atom is 0.310 e. The second-order valence-corrected chi connectivity index (χ2v) is 4.40. The van der Waals surface area contributed by atoms with Crippen molar-refractivity contribution in [3.05, 3.63) is 16.7 Å². The molecule has 7 nitrogen and oxygen atoms in total. The average molecular weight is 267 g/mol. The Morgan fingerprint density at radius 1 is 1.53 bits per heavy atom. The largest absolute Gasteiger partial charge is 0.489 e. The number of aromatic nitrogens is 2. The number of nitrogens with zero attached hydrogens (tertiary/aromatic N) is 2. The third kappa shape index (κ3) is 2.69. The van der Waals surface area contributed by atoms with Crippen LogP contribution >= 0.6 is 0 Å². The molecule has 0 amide bonds. The molecule has 1 aliphatic heterocycles. The fourth-order valence-corrected chi connectivity index (χ4v) is 2.32. The molecule has 7 heteroatoms. The van der Waals surface area contributed by atoms with E-state index in [9.17, 15) is 9.59 Å². The van der Waals surface area contributed by atoms with Gasteiger partial charge in [0.15, 0.2) is 5.82 Å². The minimum atomic E-state index is -0.326. The van der Waals surface area contributed by atoms with E-state index in [1.165, 1.54) is 20.5 Å². The Labute approximate surface area is 110 Å². The highest BCUT2D eigenvalue weighted by atomic mass is 16.5. The van der Waals surface area contributed by atoms with Gasteiger partial charge in [-0.15, -0.1) is 0 Å². The average Bonchev–Trinajstić information content (AvgIpc) is 2.46. The van der Waals surface area contributed by atoms with E-state index in [2.05, 4.69) is 9.97 Å². The Kier molecular flexibility index (Phi) is 4.03. The number of methoxy groups -OCH3 is 2. The summed E-state index contributed by atoms with van der Waals surface area (Å²) in [6.45, 7) is 1.22. The van der Waals surface area contributed by atoms with E-state index in [4.69, 9.17) is 9.47 Å². The van der Waals surface area contributed by atoms with E-state index in [0.717, 1.165) is 19.4 Å². The molecule has 1 aromatic heterocycles. The topological polar surface area (TPSA) is 84.5 Å². The number of piperidine rings is 1. The predicted molar refractivity (Wildman–Crippen MR) is 68.4 cm³/mol. The van der Waals surface area contributed by atoms with Crippen LogP contribution in [0.4, 0.5) is 5.82 Å². The molecule has 104 valence electrons. The van der Waals surface area contributed by atoms with Crippen LogP contribution in [-0.2, 0) is 9.53 Å². The molecule has 0 aliphatic carbocycles. The minimum Gasteiger partial charge on any atom is -0.489 e. The van der Waals surface area contributed by atoms with E-state index >= 15 is 0 Å². The van der Waals surface area contributed by atoms with Crippen LogP contribution in [0.1, 0.15) is 12.8 Å². The van der Waals surface area contributed by atoms with Crippen molar-refractivity contribution in [2.24, 2.45) is 5.92 Å². The summed E-state index contributed by atoms with van der Waals surface area (Å²) in [5.41, 5.74) is -0.326. The normalized spacial score (nSPS) is 19.1. The first-order valence-electron chi connectivity index (χ1n) is 6.11. The number of nitrogens with one attached hydrogen (secondary N) is 1. The van der Waals surface area contributed by atoms with Gasteiger partial charge >= 0.3 is 5.97 Å². The van der Waals surface area contributed by atoms with Gasteiger partial charge in [-0.05, 0) is 12.8 Å². The zero-order chi connectivity index (χ0) is 13.8. The molecular weight excluding hydrogens is 250 g/mol. The van der Waals surface area contributed by atoms with Crippen LogP contribution in [0.3, 0.4) is 0 Å². The number of hydrogen-bond donors (Lipinski definition) is 1. The first-order chi connectivity index (χ1) is 9.17. The van der Waals surface area contributed by atoms with Crippen molar-refractivity contribution in [1.29, 1.82) is 0 Å². The molecule has 1 fully saturated rings. The lowest BCUT2D eigenvalue weighted by molar-refractivity contribution is -0.145. The SMILES string of the molecule is COC(=O)C1CCCN(c2nc[nH]c(=O)c2OC)C1. The molecule has 1 aliphatic rings. The van der Waals surface area contributed by atoms with Crippen LogP contribution in [0.15, 0.2) is 11.1 Å². The minimum absolute atomic E-state index is 0.174. The molecule has 1 atom stereocenters. The number of rotatable bonds is 3. The molecule has 1 unspecified atom stereocenters. The fourth-order valence-electron chi connectivity index (χ4n) is 2.32. The van der Waals surface area contributed by atoms with Crippen molar-refractivity contribution in [2.75, 3.05) is 32.2 Å². The van der Waals surface area contributed by atoms with Gasteiger partial charge in [0, 0.05) is 13.1 Å². The Hall–Kier alpha value is -2.05. The molecule has 19 heavy (non-hydrogen) atoms. The molecule has 0 spiro atoms. The van der Waals surface area contributed by atoms with Crippen molar-refractivity contribution in [1.82, 2.24) is 9.97 Å². The van der Waals surface area contributed by atoms with E-state index < -0.39 is 0 Å². The zero-order valence-electron chi connectivity index (χ0n) is 11.0. The second-order valence-electron chi connectivity index (χ2n) is 4.40. The highest BCUT2D eigenvalue weighted by Crippen LogP contribution is 2.26. The summed E-state index contributed by atoms with van der Waals surface area (Å²) in [6.07, 6.45) is 2.97. The maximum absolute atomic E-state index is 11.6. The summed E-state index contributed by atoms with van der Waals surface area (Å²) in [5.74, 6) is 0.228. The summed E-state index contributed by atoms with van der Waals surface area (Å²) in [4.78, 5) is 31.7. The van der Waals surface area contributed by atoms with Gasteiger partial charge < -0.3 is 19.4 Å². The van der Waals surface area contributed by atoms with Crippen LogP contribution in [0.2, 0.25) is 0 Å². The third-order valence-electron chi connectivity index (χ3n) is 3.25. The number of esters is 1. The molecule has 0 bridgehead atoms. The zero-order valence-corrected chi connectivity index (χ0v) is 11.0. The summed E-state index contributed by atoms with van der Waals surface area (Å²) < 4.78 is 9.86. The summed E-state index contributed by atoms with van der Waals surface area (Å²) in [7, 11) is 2.81. The van der Waals surface area contributed by atoms with Gasteiger partial charge in [0.05, 0.1) is 26.5 Å². The predicted octanol–water partition coefficient (Wildman–Crippen LogP) is 0.168. The molecule has 1 N–H and O–H groups in total. The smallest absolute Gasteiger partial charge is 0.310 e. The lowest BCUT2D eigenvalue weighted by Crippen LogP contribution is -2.40.